The van der Waals surface area contributed by atoms with Gasteiger partial charge in [-0.2, -0.15) is 11.8 Å². The van der Waals surface area contributed by atoms with Crippen molar-refractivity contribution in [2.24, 2.45) is 0 Å². The lowest BCUT2D eigenvalue weighted by molar-refractivity contribution is -0.385. The Bertz CT molecular complexity index is 435. The minimum absolute atomic E-state index is 0.0917. The standard InChI is InChI=1S/C10H11NO5S/c1-17-5-4-16-9-3-2-7(10(12)13)6-8(9)11(14)15/h2-3,6H,4-5H2,1H3,(H,12,13). The first-order valence-electron chi connectivity index (χ1n) is 4.69. The molecule has 0 aromatic heterocycles. The molecule has 0 bridgehead atoms. The number of carbonyl (C=O) groups is 1. The van der Waals surface area contributed by atoms with Gasteiger partial charge in [0.15, 0.2) is 5.75 Å². The fraction of sp³-hybridized carbons (Fsp3) is 0.300. The summed E-state index contributed by atoms with van der Waals surface area (Å²) >= 11 is 1.55. The van der Waals surface area contributed by atoms with Crippen molar-refractivity contribution in [1.29, 1.82) is 0 Å². The molecule has 92 valence electrons. The summed E-state index contributed by atoms with van der Waals surface area (Å²) in [5, 5.41) is 19.5. The lowest BCUT2D eigenvalue weighted by Crippen LogP contribution is -2.04. The Hall–Kier alpha value is -1.76. The van der Waals surface area contributed by atoms with Crippen LogP contribution in [0, 0.1) is 10.1 Å². The van der Waals surface area contributed by atoms with E-state index in [1.54, 1.807) is 11.8 Å². The molecule has 0 spiro atoms. The summed E-state index contributed by atoms with van der Waals surface area (Å²) in [5.41, 5.74) is -0.458. The molecular formula is C10H11NO5S. The van der Waals surface area contributed by atoms with Gasteiger partial charge in [-0.25, -0.2) is 4.79 Å². The third-order valence-corrected chi connectivity index (χ3v) is 2.52. The number of benzene rings is 1. The molecule has 1 aromatic carbocycles. The zero-order valence-corrected chi connectivity index (χ0v) is 9.90. The molecule has 17 heavy (non-hydrogen) atoms. The molecule has 1 rings (SSSR count). The number of rotatable bonds is 6. The number of nitro benzene ring substituents is 1. The van der Waals surface area contributed by atoms with Crippen LogP contribution in [0.15, 0.2) is 18.2 Å². The maximum Gasteiger partial charge on any atom is 0.335 e. The molecule has 0 radical (unpaired) electrons. The zero-order valence-electron chi connectivity index (χ0n) is 9.08. The summed E-state index contributed by atoms with van der Waals surface area (Å²) in [6, 6.07) is 3.59. The van der Waals surface area contributed by atoms with Gasteiger partial charge in [-0.05, 0) is 18.4 Å². The van der Waals surface area contributed by atoms with Gasteiger partial charge in [0.1, 0.15) is 0 Å². The Kier molecular flexibility index (Phi) is 4.77. The first-order valence-corrected chi connectivity index (χ1v) is 6.09. The summed E-state index contributed by atoms with van der Waals surface area (Å²) in [7, 11) is 0. The molecular weight excluding hydrogens is 246 g/mol. The molecule has 6 nitrogen and oxygen atoms in total. The monoisotopic (exact) mass is 257 g/mol. The van der Waals surface area contributed by atoms with Crippen molar-refractivity contribution in [3.8, 4) is 5.75 Å². The van der Waals surface area contributed by atoms with E-state index < -0.39 is 10.9 Å². The summed E-state index contributed by atoms with van der Waals surface area (Å²) < 4.78 is 5.22. The molecule has 1 aromatic rings. The lowest BCUT2D eigenvalue weighted by Gasteiger charge is -2.06. The Morgan fingerprint density at radius 3 is 2.82 bits per heavy atom. The second-order valence-electron chi connectivity index (χ2n) is 3.09. The summed E-state index contributed by atoms with van der Waals surface area (Å²) in [4.78, 5) is 20.8. The van der Waals surface area contributed by atoms with Crippen molar-refractivity contribution in [3.05, 3.63) is 33.9 Å². The van der Waals surface area contributed by atoms with Crippen LogP contribution in [-0.2, 0) is 0 Å². The third-order valence-electron chi connectivity index (χ3n) is 1.95. The van der Waals surface area contributed by atoms with E-state index in [0.29, 0.717) is 12.4 Å². The van der Waals surface area contributed by atoms with Gasteiger partial charge in [0.25, 0.3) is 0 Å². The SMILES string of the molecule is CSCCOc1ccc(C(=O)O)cc1[N+](=O)[O-]. The maximum atomic E-state index is 10.8. The van der Waals surface area contributed by atoms with E-state index >= 15 is 0 Å². The van der Waals surface area contributed by atoms with Crippen LogP contribution in [0.2, 0.25) is 0 Å². The van der Waals surface area contributed by atoms with E-state index in [0.717, 1.165) is 6.07 Å². The largest absolute Gasteiger partial charge is 0.486 e. The number of thioether (sulfide) groups is 1. The summed E-state index contributed by atoms with van der Waals surface area (Å²) in [6.07, 6.45) is 1.89. The van der Waals surface area contributed by atoms with Gasteiger partial charge in [-0.15, -0.1) is 0 Å². The average Bonchev–Trinajstić information content (AvgIpc) is 2.29. The fourth-order valence-electron chi connectivity index (χ4n) is 1.15. The van der Waals surface area contributed by atoms with Gasteiger partial charge >= 0.3 is 11.7 Å². The van der Waals surface area contributed by atoms with E-state index in [1.807, 2.05) is 6.26 Å². The molecule has 1 N–H and O–H groups in total. The van der Waals surface area contributed by atoms with Crippen LogP contribution in [0.25, 0.3) is 0 Å². The number of hydrogen-bond acceptors (Lipinski definition) is 5. The minimum Gasteiger partial charge on any atom is -0.486 e. The van der Waals surface area contributed by atoms with Gasteiger partial charge in [-0.1, -0.05) is 0 Å². The van der Waals surface area contributed by atoms with Crippen molar-refractivity contribution >= 4 is 23.4 Å². The molecule has 0 heterocycles. The van der Waals surface area contributed by atoms with Gasteiger partial charge < -0.3 is 9.84 Å². The highest BCUT2D eigenvalue weighted by molar-refractivity contribution is 7.98. The normalized spacial score (nSPS) is 9.94. The second kappa shape index (κ2) is 6.09. The quantitative estimate of drug-likeness (QED) is 0.476. The van der Waals surface area contributed by atoms with E-state index in [4.69, 9.17) is 9.84 Å². The third kappa shape index (κ3) is 3.63. The summed E-state index contributed by atoms with van der Waals surface area (Å²) in [6.45, 7) is 0.342. The van der Waals surface area contributed by atoms with Gasteiger partial charge in [0, 0.05) is 11.8 Å². The number of ether oxygens (including phenoxy) is 1. The highest BCUT2D eigenvalue weighted by atomic mass is 32.2. The second-order valence-corrected chi connectivity index (χ2v) is 4.07. The molecule has 0 aliphatic carbocycles. The Labute approximate surface area is 102 Å². The summed E-state index contributed by atoms with van der Waals surface area (Å²) in [5.74, 6) is -0.407. The van der Waals surface area contributed by atoms with Crippen LogP contribution in [0.5, 0.6) is 5.75 Å². The van der Waals surface area contributed by atoms with Crippen LogP contribution < -0.4 is 4.74 Å². The molecule has 0 unspecified atom stereocenters. The number of hydrogen-bond donors (Lipinski definition) is 1. The molecule has 7 heteroatoms. The fourth-order valence-corrected chi connectivity index (χ4v) is 1.40. The van der Waals surface area contributed by atoms with Gasteiger partial charge in [0.05, 0.1) is 17.1 Å². The van der Waals surface area contributed by atoms with Crippen LogP contribution in [0.4, 0.5) is 5.69 Å². The van der Waals surface area contributed by atoms with Crippen molar-refractivity contribution in [2.75, 3.05) is 18.6 Å². The molecule has 0 fully saturated rings. The highest BCUT2D eigenvalue weighted by Gasteiger charge is 2.18. The van der Waals surface area contributed by atoms with Gasteiger partial charge in [0.2, 0.25) is 0 Å². The number of nitro groups is 1. The molecule has 0 aliphatic rings. The smallest absolute Gasteiger partial charge is 0.335 e. The Balaban J connectivity index is 2.96. The van der Waals surface area contributed by atoms with Crippen LogP contribution in [-0.4, -0.2) is 34.6 Å². The minimum atomic E-state index is -1.20. The van der Waals surface area contributed by atoms with E-state index in [1.165, 1.54) is 12.1 Å². The number of carboxylic acid groups (broad SMARTS) is 1. The average molecular weight is 257 g/mol. The molecule has 0 atom stereocenters. The van der Waals surface area contributed by atoms with Crippen LogP contribution in [0.1, 0.15) is 10.4 Å². The predicted octanol–water partition coefficient (Wildman–Crippen LogP) is 2.03. The molecule has 0 aliphatic heterocycles. The van der Waals surface area contributed by atoms with Crippen molar-refractivity contribution in [1.82, 2.24) is 0 Å². The van der Waals surface area contributed by atoms with Crippen LogP contribution >= 0.6 is 11.8 Å². The van der Waals surface area contributed by atoms with Crippen molar-refractivity contribution in [2.45, 2.75) is 0 Å². The first-order chi connectivity index (χ1) is 8.06. The maximum absolute atomic E-state index is 10.8. The van der Waals surface area contributed by atoms with Crippen molar-refractivity contribution < 1.29 is 19.6 Å². The van der Waals surface area contributed by atoms with Gasteiger partial charge in [-0.3, -0.25) is 10.1 Å². The highest BCUT2D eigenvalue weighted by Crippen LogP contribution is 2.28. The Morgan fingerprint density at radius 2 is 2.29 bits per heavy atom. The number of carboxylic acids is 1. The molecule has 0 amide bonds. The number of nitrogens with zero attached hydrogens (tertiary/aromatic N) is 1. The van der Waals surface area contributed by atoms with Crippen LogP contribution in [0.3, 0.4) is 0 Å². The van der Waals surface area contributed by atoms with Crippen molar-refractivity contribution in [3.63, 3.8) is 0 Å². The van der Waals surface area contributed by atoms with E-state index in [-0.39, 0.29) is 17.0 Å². The Morgan fingerprint density at radius 1 is 1.59 bits per heavy atom. The predicted molar refractivity (Wildman–Crippen MR) is 63.9 cm³/mol. The number of aromatic carboxylic acids is 1. The van der Waals surface area contributed by atoms with E-state index in [9.17, 15) is 14.9 Å². The lowest BCUT2D eigenvalue weighted by atomic mass is 10.2. The van der Waals surface area contributed by atoms with E-state index in [2.05, 4.69) is 0 Å². The zero-order chi connectivity index (χ0) is 12.8. The molecule has 0 saturated carbocycles. The molecule has 0 saturated heterocycles. The topological polar surface area (TPSA) is 89.7 Å². The first kappa shape index (κ1) is 13.3.